The van der Waals surface area contributed by atoms with Crippen LogP contribution in [0.1, 0.15) is 12.8 Å². The van der Waals surface area contributed by atoms with E-state index >= 15 is 0 Å². The van der Waals surface area contributed by atoms with E-state index in [0.29, 0.717) is 0 Å². The van der Waals surface area contributed by atoms with Crippen LogP contribution in [0.2, 0.25) is 0 Å². The third-order valence-corrected chi connectivity index (χ3v) is 2.14. The van der Waals surface area contributed by atoms with Gasteiger partial charge in [-0.25, -0.2) is 4.79 Å². The summed E-state index contributed by atoms with van der Waals surface area (Å²) in [7, 11) is 0. The van der Waals surface area contributed by atoms with Gasteiger partial charge >= 0.3 is 5.97 Å². The molecule has 0 radical (unpaired) electrons. The maximum Gasteiger partial charge on any atom is 0.326 e. The van der Waals surface area contributed by atoms with Gasteiger partial charge in [0.15, 0.2) is 0 Å². The van der Waals surface area contributed by atoms with Gasteiger partial charge in [0, 0.05) is 6.42 Å². The van der Waals surface area contributed by atoms with Gasteiger partial charge in [-0.3, -0.25) is 9.59 Å². The highest BCUT2D eigenvalue weighted by Crippen LogP contribution is 1.99. The number of thioether (sulfide) groups is 1. The highest BCUT2D eigenvalue weighted by atomic mass is 32.2. The van der Waals surface area contributed by atoms with E-state index in [1.165, 1.54) is 11.8 Å². The monoisotopic (exact) mass is 234 g/mol. The first kappa shape index (κ1) is 13.8. The van der Waals surface area contributed by atoms with Gasteiger partial charge in [-0.2, -0.15) is 11.8 Å². The smallest absolute Gasteiger partial charge is 0.326 e. The largest absolute Gasteiger partial charge is 0.480 e. The molecule has 86 valence electrons. The van der Waals surface area contributed by atoms with Crippen LogP contribution in [0, 0.1) is 0 Å². The molecule has 0 rings (SSSR count). The van der Waals surface area contributed by atoms with Crippen molar-refractivity contribution in [2.45, 2.75) is 18.9 Å². The summed E-state index contributed by atoms with van der Waals surface area (Å²) >= 11 is 1.29. The number of carboxylic acids is 1. The number of nitrogens with two attached hydrogens (primary N) is 1. The van der Waals surface area contributed by atoms with Crippen LogP contribution in [-0.4, -0.2) is 40.9 Å². The van der Waals surface area contributed by atoms with E-state index in [0.717, 1.165) is 0 Å². The van der Waals surface area contributed by atoms with Crippen molar-refractivity contribution >= 4 is 29.5 Å². The minimum Gasteiger partial charge on any atom is -0.480 e. The lowest BCUT2D eigenvalue weighted by Gasteiger charge is -2.12. The molecule has 0 heterocycles. The zero-order chi connectivity index (χ0) is 11.8. The van der Waals surface area contributed by atoms with E-state index in [4.69, 9.17) is 10.8 Å². The molecule has 0 saturated carbocycles. The number of carbonyl (C=O) groups excluding carboxylic acids is 2. The topological polar surface area (TPSA) is 109 Å². The summed E-state index contributed by atoms with van der Waals surface area (Å²) in [4.78, 5) is 32.2. The number of amides is 2. The second-order valence-electron chi connectivity index (χ2n) is 2.90. The SMILES string of the molecule is CSCC(=O)NC(CCC(N)=O)C(=O)O. The summed E-state index contributed by atoms with van der Waals surface area (Å²) < 4.78 is 0. The molecule has 0 aromatic rings. The Balaban J connectivity index is 4.10. The molecule has 0 bridgehead atoms. The summed E-state index contributed by atoms with van der Waals surface area (Å²) in [6, 6.07) is -1.04. The number of hydrogen-bond acceptors (Lipinski definition) is 4. The molecule has 0 aromatic carbocycles. The number of primary amides is 1. The van der Waals surface area contributed by atoms with Crippen LogP contribution < -0.4 is 11.1 Å². The zero-order valence-corrected chi connectivity index (χ0v) is 9.17. The van der Waals surface area contributed by atoms with Crippen LogP contribution in [0.3, 0.4) is 0 Å². The first-order valence-corrected chi connectivity index (χ1v) is 5.66. The van der Waals surface area contributed by atoms with Crippen LogP contribution in [0.4, 0.5) is 0 Å². The van der Waals surface area contributed by atoms with E-state index in [-0.39, 0.29) is 24.5 Å². The molecule has 0 aliphatic heterocycles. The van der Waals surface area contributed by atoms with Gasteiger partial charge in [0.2, 0.25) is 11.8 Å². The molecular formula is C8H14N2O4S. The number of rotatable bonds is 7. The highest BCUT2D eigenvalue weighted by Gasteiger charge is 2.19. The Labute approximate surface area is 91.6 Å². The summed E-state index contributed by atoms with van der Waals surface area (Å²) in [6.07, 6.45) is 1.69. The van der Waals surface area contributed by atoms with Gasteiger partial charge in [-0.15, -0.1) is 0 Å². The maximum atomic E-state index is 11.1. The molecular weight excluding hydrogens is 220 g/mol. The number of hydrogen-bond donors (Lipinski definition) is 3. The average Bonchev–Trinajstić information content (AvgIpc) is 2.11. The Morgan fingerprint density at radius 3 is 2.47 bits per heavy atom. The normalized spacial score (nSPS) is 11.8. The predicted octanol–water partition coefficient (Wildman–Crippen LogP) is -0.816. The Morgan fingerprint density at radius 2 is 2.07 bits per heavy atom. The number of carbonyl (C=O) groups is 3. The highest BCUT2D eigenvalue weighted by molar-refractivity contribution is 7.99. The fourth-order valence-corrected chi connectivity index (χ4v) is 1.26. The second-order valence-corrected chi connectivity index (χ2v) is 3.76. The van der Waals surface area contributed by atoms with Crippen LogP contribution in [-0.2, 0) is 14.4 Å². The van der Waals surface area contributed by atoms with Crippen molar-refractivity contribution in [3.8, 4) is 0 Å². The summed E-state index contributed by atoms with van der Waals surface area (Å²) in [5, 5.41) is 11.0. The van der Waals surface area contributed by atoms with E-state index < -0.39 is 17.9 Å². The van der Waals surface area contributed by atoms with E-state index in [1.807, 2.05) is 0 Å². The van der Waals surface area contributed by atoms with E-state index in [2.05, 4.69) is 5.32 Å². The van der Waals surface area contributed by atoms with Crippen molar-refractivity contribution in [1.29, 1.82) is 0 Å². The van der Waals surface area contributed by atoms with Gasteiger partial charge < -0.3 is 16.2 Å². The third-order valence-electron chi connectivity index (χ3n) is 1.59. The molecule has 0 saturated heterocycles. The van der Waals surface area contributed by atoms with Crippen molar-refractivity contribution in [1.82, 2.24) is 5.32 Å². The molecule has 1 atom stereocenters. The maximum absolute atomic E-state index is 11.1. The summed E-state index contributed by atoms with van der Waals surface area (Å²) in [6.45, 7) is 0. The zero-order valence-electron chi connectivity index (χ0n) is 8.36. The lowest BCUT2D eigenvalue weighted by Crippen LogP contribution is -2.42. The van der Waals surface area contributed by atoms with Gasteiger partial charge in [0.1, 0.15) is 6.04 Å². The Kier molecular flexibility index (Phi) is 6.52. The average molecular weight is 234 g/mol. The van der Waals surface area contributed by atoms with E-state index in [1.54, 1.807) is 6.26 Å². The Hall–Kier alpha value is -1.24. The van der Waals surface area contributed by atoms with Crippen molar-refractivity contribution in [3.63, 3.8) is 0 Å². The molecule has 0 fully saturated rings. The Morgan fingerprint density at radius 1 is 1.47 bits per heavy atom. The quantitative estimate of drug-likeness (QED) is 0.533. The fraction of sp³-hybridized carbons (Fsp3) is 0.625. The lowest BCUT2D eigenvalue weighted by molar-refractivity contribution is -0.141. The molecule has 7 heteroatoms. The van der Waals surface area contributed by atoms with Crippen LogP contribution in [0.25, 0.3) is 0 Å². The Bertz CT molecular complexity index is 257. The first-order chi connectivity index (χ1) is 6.97. The third kappa shape index (κ3) is 6.78. The van der Waals surface area contributed by atoms with Gasteiger partial charge in [0.25, 0.3) is 0 Å². The first-order valence-electron chi connectivity index (χ1n) is 4.26. The molecule has 0 aliphatic rings. The van der Waals surface area contributed by atoms with E-state index in [9.17, 15) is 14.4 Å². The molecule has 4 N–H and O–H groups in total. The molecule has 0 aliphatic carbocycles. The molecule has 0 spiro atoms. The summed E-state index contributed by atoms with van der Waals surface area (Å²) in [5.74, 6) is -1.91. The van der Waals surface area contributed by atoms with Gasteiger partial charge in [-0.1, -0.05) is 0 Å². The molecule has 1 unspecified atom stereocenters. The van der Waals surface area contributed by atoms with Crippen LogP contribution in [0.15, 0.2) is 0 Å². The van der Waals surface area contributed by atoms with Crippen LogP contribution in [0.5, 0.6) is 0 Å². The number of aliphatic carboxylic acids is 1. The summed E-state index contributed by atoms with van der Waals surface area (Å²) in [5.41, 5.74) is 4.88. The number of nitrogens with one attached hydrogen (secondary N) is 1. The van der Waals surface area contributed by atoms with Crippen molar-refractivity contribution in [2.24, 2.45) is 5.73 Å². The van der Waals surface area contributed by atoms with Gasteiger partial charge in [-0.05, 0) is 12.7 Å². The standard InChI is InChI=1S/C8H14N2O4S/c1-15-4-7(12)10-5(8(13)14)2-3-6(9)11/h5H,2-4H2,1H3,(H2,9,11)(H,10,12)(H,13,14). The van der Waals surface area contributed by atoms with Crippen molar-refractivity contribution in [3.05, 3.63) is 0 Å². The molecule has 0 aromatic heterocycles. The predicted molar refractivity (Wildman–Crippen MR) is 56.4 cm³/mol. The van der Waals surface area contributed by atoms with Gasteiger partial charge in [0.05, 0.1) is 5.75 Å². The second kappa shape index (κ2) is 7.10. The van der Waals surface area contributed by atoms with Crippen molar-refractivity contribution < 1.29 is 19.5 Å². The fourth-order valence-electron chi connectivity index (χ4n) is 0.911. The van der Waals surface area contributed by atoms with Crippen LogP contribution >= 0.6 is 11.8 Å². The lowest BCUT2D eigenvalue weighted by atomic mass is 10.1. The minimum atomic E-state index is -1.16. The number of carboxylic acid groups (broad SMARTS) is 1. The van der Waals surface area contributed by atoms with Crippen molar-refractivity contribution in [2.75, 3.05) is 12.0 Å². The minimum absolute atomic E-state index is 0.0186. The molecule has 15 heavy (non-hydrogen) atoms. The molecule has 6 nitrogen and oxygen atoms in total. The molecule has 2 amide bonds.